The zero-order chi connectivity index (χ0) is 16.6. The fraction of sp³-hybridized carbons (Fsp3) is 0.400. The van der Waals surface area contributed by atoms with Gasteiger partial charge in [0.1, 0.15) is 12.4 Å². The number of aliphatic hydroxyl groups excluding tert-OH is 1. The van der Waals surface area contributed by atoms with Crippen LogP contribution < -0.4 is 17.1 Å². The summed E-state index contributed by atoms with van der Waals surface area (Å²) in [4.78, 5) is 4.74. The van der Waals surface area contributed by atoms with Crippen molar-refractivity contribution in [3.05, 3.63) is 54.6 Å². The molecule has 2 aromatic carbocycles. The molecule has 0 aromatic heterocycles. The molecule has 0 aliphatic carbocycles. The Morgan fingerprint density at radius 3 is 2.08 bits per heavy atom. The van der Waals surface area contributed by atoms with Crippen molar-refractivity contribution in [2.45, 2.75) is 0 Å². The average Bonchev–Trinajstić information content (AvgIpc) is 2.65. The summed E-state index contributed by atoms with van der Waals surface area (Å²) in [5.74, 6) is 0.947. The van der Waals surface area contributed by atoms with Crippen LogP contribution in [0.5, 0.6) is 5.75 Å². The number of nitrogens with zero attached hydrogens (tertiary/aromatic N) is 2. The summed E-state index contributed by atoms with van der Waals surface area (Å²) < 4.78 is 6.07. The van der Waals surface area contributed by atoms with Crippen molar-refractivity contribution >= 4 is 0 Å². The number of aliphatic hydroxyl groups is 1. The molecular formula is C20H26ClN2O2-. The summed E-state index contributed by atoms with van der Waals surface area (Å²) in [6, 6.07) is 18.6. The van der Waals surface area contributed by atoms with Gasteiger partial charge in [-0.2, -0.15) is 0 Å². The molecule has 2 aromatic rings. The Hall–Kier alpha value is -1.59. The van der Waals surface area contributed by atoms with Crippen LogP contribution >= 0.6 is 0 Å². The minimum atomic E-state index is 0. The average molecular weight is 362 g/mol. The molecule has 4 nitrogen and oxygen atoms in total. The van der Waals surface area contributed by atoms with E-state index in [0.717, 1.165) is 50.6 Å². The molecule has 0 radical (unpaired) electrons. The number of hydrogen-bond acceptors (Lipinski definition) is 4. The van der Waals surface area contributed by atoms with Gasteiger partial charge in [-0.05, 0) is 11.6 Å². The summed E-state index contributed by atoms with van der Waals surface area (Å²) >= 11 is 0. The summed E-state index contributed by atoms with van der Waals surface area (Å²) in [5, 5.41) is 9.00. The van der Waals surface area contributed by atoms with Crippen LogP contribution in [-0.2, 0) is 0 Å². The van der Waals surface area contributed by atoms with Crippen LogP contribution in [0, 0.1) is 0 Å². The number of hydrogen-bond donors (Lipinski definition) is 1. The van der Waals surface area contributed by atoms with Gasteiger partial charge >= 0.3 is 0 Å². The van der Waals surface area contributed by atoms with E-state index in [-0.39, 0.29) is 19.0 Å². The molecule has 0 unspecified atom stereocenters. The van der Waals surface area contributed by atoms with Gasteiger partial charge in [0.05, 0.1) is 6.61 Å². The number of piperazine rings is 1. The van der Waals surface area contributed by atoms with Gasteiger partial charge in [0, 0.05) is 44.8 Å². The third kappa shape index (κ3) is 5.72. The normalized spacial score (nSPS) is 15.6. The van der Waals surface area contributed by atoms with Crippen LogP contribution in [0.25, 0.3) is 11.1 Å². The van der Waals surface area contributed by atoms with E-state index in [1.54, 1.807) is 0 Å². The van der Waals surface area contributed by atoms with Crippen molar-refractivity contribution in [2.24, 2.45) is 0 Å². The fourth-order valence-corrected chi connectivity index (χ4v) is 3.11. The molecule has 0 atom stereocenters. The standard InChI is InChI=1S/C20H26N2O2.ClH/c23-16-14-21-10-12-22(13-11-21)15-17-24-20-9-5-4-8-19(20)18-6-2-1-3-7-18;/h1-9,23H,10-17H2;1H/p-1. The quantitative estimate of drug-likeness (QED) is 0.711. The highest BCUT2D eigenvalue weighted by Crippen LogP contribution is 2.29. The van der Waals surface area contributed by atoms with Crippen LogP contribution in [0.3, 0.4) is 0 Å². The molecule has 0 amide bonds. The number of β-amino-alcohol motifs (C(OH)–C–C–N with tert-alkyl or cyclic N) is 1. The van der Waals surface area contributed by atoms with E-state index >= 15 is 0 Å². The molecular weight excluding hydrogens is 336 g/mol. The Morgan fingerprint density at radius 1 is 0.800 bits per heavy atom. The second kappa shape index (κ2) is 10.4. The van der Waals surface area contributed by atoms with Gasteiger partial charge in [-0.3, -0.25) is 9.80 Å². The Morgan fingerprint density at radius 2 is 1.40 bits per heavy atom. The Bertz CT molecular complexity index is 616. The first-order valence-electron chi connectivity index (χ1n) is 8.69. The van der Waals surface area contributed by atoms with E-state index in [1.807, 2.05) is 18.2 Å². The van der Waals surface area contributed by atoms with Crippen LogP contribution in [-0.4, -0.2) is 67.4 Å². The third-order valence-corrected chi connectivity index (χ3v) is 4.52. The van der Waals surface area contributed by atoms with E-state index in [2.05, 4.69) is 46.2 Å². The molecule has 0 bridgehead atoms. The van der Waals surface area contributed by atoms with Gasteiger partial charge in [0.15, 0.2) is 0 Å². The van der Waals surface area contributed by atoms with Gasteiger partial charge < -0.3 is 22.3 Å². The SMILES string of the molecule is OCCN1CCN(CCOc2ccccc2-c2ccccc2)CC1.[Cl-]. The highest BCUT2D eigenvalue weighted by molar-refractivity contribution is 5.70. The number of ether oxygens (including phenoxy) is 1. The highest BCUT2D eigenvalue weighted by atomic mass is 35.5. The van der Waals surface area contributed by atoms with E-state index in [1.165, 1.54) is 5.56 Å². The zero-order valence-electron chi connectivity index (χ0n) is 14.5. The van der Waals surface area contributed by atoms with Gasteiger partial charge in [-0.25, -0.2) is 0 Å². The topological polar surface area (TPSA) is 35.9 Å². The number of rotatable bonds is 7. The van der Waals surface area contributed by atoms with Gasteiger partial charge in [-0.15, -0.1) is 0 Å². The number of benzene rings is 2. The third-order valence-electron chi connectivity index (χ3n) is 4.52. The largest absolute Gasteiger partial charge is 1.00 e. The van der Waals surface area contributed by atoms with Gasteiger partial charge in [0.2, 0.25) is 0 Å². The summed E-state index contributed by atoms with van der Waals surface area (Å²) in [6.45, 7) is 6.82. The monoisotopic (exact) mass is 361 g/mol. The molecule has 5 heteroatoms. The molecule has 1 fully saturated rings. The van der Waals surface area contributed by atoms with E-state index in [0.29, 0.717) is 6.61 Å². The Kier molecular flexibility index (Phi) is 8.22. The molecule has 25 heavy (non-hydrogen) atoms. The lowest BCUT2D eigenvalue weighted by Crippen LogP contribution is -3.00. The molecule has 0 spiro atoms. The smallest absolute Gasteiger partial charge is 0.127 e. The summed E-state index contributed by atoms with van der Waals surface area (Å²) in [6.07, 6.45) is 0. The molecule has 1 aliphatic heterocycles. The van der Waals surface area contributed by atoms with Gasteiger partial charge in [0.25, 0.3) is 0 Å². The van der Waals surface area contributed by atoms with Crippen molar-refractivity contribution in [3.63, 3.8) is 0 Å². The summed E-state index contributed by atoms with van der Waals surface area (Å²) in [5.41, 5.74) is 2.33. The van der Waals surface area contributed by atoms with E-state index in [9.17, 15) is 0 Å². The maximum atomic E-state index is 9.00. The van der Waals surface area contributed by atoms with Crippen LogP contribution in [0.15, 0.2) is 54.6 Å². The minimum absolute atomic E-state index is 0. The maximum absolute atomic E-state index is 9.00. The molecule has 3 rings (SSSR count). The van der Waals surface area contributed by atoms with E-state index in [4.69, 9.17) is 9.84 Å². The maximum Gasteiger partial charge on any atom is 0.127 e. The number of para-hydroxylation sites is 1. The molecule has 1 saturated heterocycles. The second-order valence-electron chi connectivity index (χ2n) is 6.12. The Balaban J connectivity index is 0.00000225. The molecule has 1 aliphatic rings. The lowest BCUT2D eigenvalue weighted by atomic mass is 10.1. The van der Waals surface area contributed by atoms with Crippen molar-refractivity contribution < 1.29 is 22.3 Å². The molecule has 136 valence electrons. The minimum Gasteiger partial charge on any atom is -1.00 e. The first kappa shape index (κ1) is 19.7. The van der Waals surface area contributed by atoms with E-state index < -0.39 is 0 Å². The lowest BCUT2D eigenvalue weighted by molar-refractivity contribution is -0.00000638. The van der Waals surface area contributed by atoms with Crippen molar-refractivity contribution in [2.75, 3.05) is 52.5 Å². The lowest BCUT2D eigenvalue weighted by Gasteiger charge is -2.34. The second-order valence-corrected chi connectivity index (χ2v) is 6.12. The predicted octanol–water partition coefficient (Wildman–Crippen LogP) is -0.654. The van der Waals surface area contributed by atoms with Crippen molar-refractivity contribution in [1.29, 1.82) is 0 Å². The number of halogens is 1. The highest BCUT2D eigenvalue weighted by Gasteiger charge is 2.16. The first-order valence-corrected chi connectivity index (χ1v) is 8.69. The van der Waals surface area contributed by atoms with Gasteiger partial charge in [-0.1, -0.05) is 48.5 Å². The summed E-state index contributed by atoms with van der Waals surface area (Å²) in [7, 11) is 0. The van der Waals surface area contributed by atoms with Crippen molar-refractivity contribution in [1.82, 2.24) is 9.80 Å². The van der Waals surface area contributed by atoms with Crippen molar-refractivity contribution in [3.8, 4) is 16.9 Å². The fourth-order valence-electron chi connectivity index (χ4n) is 3.11. The van der Waals surface area contributed by atoms with Crippen LogP contribution in [0.2, 0.25) is 0 Å². The van der Waals surface area contributed by atoms with Crippen LogP contribution in [0.4, 0.5) is 0 Å². The Labute approximate surface area is 156 Å². The molecule has 1 N–H and O–H groups in total. The zero-order valence-corrected chi connectivity index (χ0v) is 15.2. The first-order chi connectivity index (χ1) is 11.9. The van der Waals surface area contributed by atoms with Crippen LogP contribution in [0.1, 0.15) is 0 Å². The molecule has 1 heterocycles. The molecule has 0 saturated carbocycles. The predicted molar refractivity (Wildman–Crippen MR) is 97.3 cm³/mol.